The molecule has 0 aliphatic carbocycles. The maximum Gasteiger partial charge on any atom is 0.251 e. The topological polar surface area (TPSA) is 51.1 Å². The van der Waals surface area contributed by atoms with Crippen LogP contribution in [0.15, 0.2) is 51.9 Å². The van der Waals surface area contributed by atoms with E-state index in [-0.39, 0.29) is 18.0 Å². The van der Waals surface area contributed by atoms with Crippen molar-refractivity contribution in [2.24, 2.45) is 0 Å². The fourth-order valence-corrected chi connectivity index (χ4v) is 2.30. The Balaban J connectivity index is 2.13. The van der Waals surface area contributed by atoms with E-state index in [9.17, 15) is 9.59 Å². The Morgan fingerprint density at radius 1 is 1.25 bits per heavy atom. The summed E-state index contributed by atoms with van der Waals surface area (Å²) >= 11 is 3.28. The lowest BCUT2D eigenvalue weighted by molar-refractivity contribution is -0.116. The first-order valence-electron chi connectivity index (χ1n) is 6.34. The Morgan fingerprint density at radius 3 is 2.75 bits per heavy atom. The highest BCUT2D eigenvalue weighted by Gasteiger charge is 2.07. The molecule has 0 radical (unpaired) electrons. The highest BCUT2D eigenvalue weighted by molar-refractivity contribution is 9.10. The maximum absolute atomic E-state index is 12.0. The molecular weight excluding hydrogens is 320 g/mol. The van der Waals surface area contributed by atoms with E-state index in [0.717, 1.165) is 22.1 Å². The van der Waals surface area contributed by atoms with Crippen molar-refractivity contribution < 1.29 is 4.79 Å². The zero-order valence-electron chi connectivity index (χ0n) is 11.1. The number of benzene rings is 1. The van der Waals surface area contributed by atoms with E-state index in [1.54, 1.807) is 12.3 Å². The van der Waals surface area contributed by atoms with Crippen LogP contribution in [-0.2, 0) is 17.8 Å². The average Bonchev–Trinajstić information content (AvgIpc) is 2.43. The van der Waals surface area contributed by atoms with Gasteiger partial charge >= 0.3 is 0 Å². The monoisotopic (exact) mass is 334 g/mol. The molecule has 0 aliphatic rings. The molecule has 0 atom stereocenters. The summed E-state index contributed by atoms with van der Waals surface area (Å²) in [5.74, 6) is -0.217. The zero-order valence-corrected chi connectivity index (χ0v) is 12.7. The van der Waals surface area contributed by atoms with Gasteiger partial charge in [-0.3, -0.25) is 9.59 Å². The van der Waals surface area contributed by atoms with Crippen molar-refractivity contribution in [1.29, 1.82) is 0 Å². The van der Waals surface area contributed by atoms with Crippen molar-refractivity contribution in [1.82, 2.24) is 4.57 Å². The van der Waals surface area contributed by atoms with Crippen LogP contribution in [-0.4, -0.2) is 10.5 Å². The molecule has 0 saturated carbocycles. The second kappa shape index (κ2) is 6.52. The molecule has 4 nitrogen and oxygen atoms in total. The number of carbonyl (C=O) groups excluding carboxylic acids is 1. The number of halogens is 1. The predicted octanol–water partition coefficient (Wildman–Crippen LogP) is 2.81. The lowest BCUT2D eigenvalue weighted by Crippen LogP contribution is -2.27. The second-order valence-corrected chi connectivity index (χ2v) is 5.29. The molecule has 20 heavy (non-hydrogen) atoms. The van der Waals surface area contributed by atoms with E-state index in [4.69, 9.17) is 0 Å². The molecule has 1 heterocycles. The van der Waals surface area contributed by atoms with Gasteiger partial charge in [0.1, 0.15) is 6.54 Å². The number of nitrogens with one attached hydrogen (secondary N) is 1. The number of amides is 1. The van der Waals surface area contributed by atoms with Crippen molar-refractivity contribution in [2.45, 2.75) is 19.9 Å². The van der Waals surface area contributed by atoms with Crippen LogP contribution in [0.25, 0.3) is 0 Å². The molecular formula is C15H15BrN2O2. The molecule has 0 unspecified atom stereocenters. The lowest BCUT2D eigenvalue weighted by atomic mass is 10.1. The van der Waals surface area contributed by atoms with Gasteiger partial charge in [0.15, 0.2) is 0 Å². The van der Waals surface area contributed by atoms with Crippen molar-refractivity contribution in [3.63, 3.8) is 0 Å². The van der Waals surface area contributed by atoms with Gasteiger partial charge in [-0.25, -0.2) is 0 Å². The number of carbonyl (C=O) groups is 1. The largest absolute Gasteiger partial charge is 0.324 e. The van der Waals surface area contributed by atoms with Gasteiger partial charge in [-0.1, -0.05) is 25.1 Å². The third-order valence-corrected chi connectivity index (χ3v) is 3.40. The summed E-state index contributed by atoms with van der Waals surface area (Å²) in [5, 5.41) is 2.84. The van der Waals surface area contributed by atoms with E-state index >= 15 is 0 Å². The molecule has 1 amide bonds. The molecule has 0 aliphatic heterocycles. The minimum absolute atomic E-state index is 0.00365. The van der Waals surface area contributed by atoms with Crippen molar-refractivity contribution >= 4 is 27.5 Å². The first-order valence-corrected chi connectivity index (χ1v) is 7.13. The smallest absolute Gasteiger partial charge is 0.251 e. The highest BCUT2D eigenvalue weighted by Crippen LogP contribution is 2.15. The molecule has 2 rings (SSSR count). The molecule has 5 heteroatoms. The Bertz CT molecular complexity index is 680. The fourth-order valence-electron chi connectivity index (χ4n) is 1.92. The number of aryl methyl sites for hydroxylation is 1. The van der Waals surface area contributed by atoms with Crippen LogP contribution >= 0.6 is 15.9 Å². The summed E-state index contributed by atoms with van der Waals surface area (Å²) in [6.45, 7) is 2.03. The van der Waals surface area contributed by atoms with Crippen LogP contribution in [0.5, 0.6) is 0 Å². The van der Waals surface area contributed by atoms with Gasteiger partial charge in [-0.15, -0.1) is 0 Å². The average molecular weight is 335 g/mol. The number of nitrogens with zero attached hydrogens (tertiary/aromatic N) is 1. The third-order valence-electron chi connectivity index (χ3n) is 2.93. The van der Waals surface area contributed by atoms with Gasteiger partial charge < -0.3 is 9.88 Å². The maximum atomic E-state index is 12.0. The molecule has 1 aromatic heterocycles. The van der Waals surface area contributed by atoms with E-state index in [1.165, 1.54) is 10.6 Å². The summed E-state index contributed by atoms with van der Waals surface area (Å²) in [6.07, 6.45) is 2.45. The van der Waals surface area contributed by atoms with Gasteiger partial charge in [0.2, 0.25) is 5.91 Å². The molecule has 1 aromatic carbocycles. The SMILES string of the molecule is CCc1ccccc1NC(=O)Cn1cc(Br)ccc1=O. The van der Waals surface area contributed by atoms with Crippen molar-refractivity contribution in [3.05, 3.63) is 63.0 Å². The first kappa shape index (κ1) is 14.5. The van der Waals surface area contributed by atoms with Crippen LogP contribution in [0.3, 0.4) is 0 Å². The summed E-state index contributed by atoms with van der Waals surface area (Å²) in [4.78, 5) is 23.7. The molecule has 0 fully saturated rings. The zero-order chi connectivity index (χ0) is 14.5. The van der Waals surface area contributed by atoms with Crippen LogP contribution in [0.1, 0.15) is 12.5 Å². The highest BCUT2D eigenvalue weighted by atomic mass is 79.9. The van der Waals surface area contributed by atoms with Gasteiger partial charge in [0.25, 0.3) is 5.56 Å². The number of rotatable bonds is 4. The quantitative estimate of drug-likeness (QED) is 0.934. The number of pyridine rings is 1. The molecule has 104 valence electrons. The number of aromatic nitrogens is 1. The molecule has 0 spiro atoms. The van der Waals surface area contributed by atoms with Gasteiger partial charge in [-0.2, -0.15) is 0 Å². The van der Waals surface area contributed by atoms with Gasteiger partial charge in [0.05, 0.1) is 0 Å². The van der Waals surface area contributed by atoms with Crippen molar-refractivity contribution in [2.75, 3.05) is 5.32 Å². The van der Waals surface area contributed by atoms with Crippen LogP contribution < -0.4 is 10.9 Å². The number of anilines is 1. The normalized spacial score (nSPS) is 10.3. The first-order chi connectivity index (χ1) is 9.60. The van der Waals surface area contributed by atoms with Gasteiger partial charge in [-0.05, 0) is 40.0 Å². The van der Waals surface area contributed by atoms with Crippen molar-refractivity contribution in [3.8, 4) is 0 Å². The third kappa shape index (κ3) is 3.57. The van der Waals surface area contributed by atoms with E-state index < -0.39 is 0 Å². The van der Waals surface area contributed by atoms with Gasteiger partial charge in [0, 0.05) is 22.4 Å². The number of hydrogen-bond donors (Lipinski definition) is 1. The lowest BCUT2D eigenvalue weighted by Gasteiger charge is -2.10. The number of hydrogen-bond acceptors (Lipinski definition) is 2. The van der Waals surface area contributed by atoms with E-state index in [1.807, 2.05) is 31.2 Å². The fraction of sp³-hybridized carbons (Fsp3) is 0.200. The van der Waals surface area contributed by atoms with Crippen LogP contribution in [0.4, 0.5) is 5.69 Å². The minimum Gasteiger partial charge on any atom is -0.324 e. The predicted molar refractivity (Wildman–Crippen MR) is 82.9 cm³/mol. The van der Waals surface area contributed by atoms with E-state index in [2.05, 4.69) is 21.2 Å². The molecule has 0 bridgehead atoms. The molecule has 2 aromatic rings. The summed E-state index contributed by atoms with van der Waals surface area (Å²) in [7, 11) is 0. The standard InChI is InChI=1S/C15H15BrN2O2/c1-2-11-5-3-4-6-13(11)17-14(19)10-18-9-12(16)7-8-15(18)20/h3-9H,2,10H2,1H3,(H,17,19). The van der Waals surface area contributed by atoms with E-state index in [0.29, 0.717) is 0 Å². The molecule has 0 saturated heterocycles. The summed E-state index contributed by atoms with van der Waals surface area (Å²) in [5.41, 5.74) is 1.66. The minimum atomic E-state index is -0.217. The summed E-state index contributed by atoms with van der Waals surface area (Å²) in [6, 6.07) is 10.7. The van der Waals surface area contributed by atoms with Crippen LogP contribution in [0.2, 0.25) is 0 Å². The Kier molecular flexibility index (Phi) is 4.74. The Hall–Kier alpha value is -1.88. The molecule has 1 N–H and O–H groups in total. The number of para-hydroxylation sites is 1. The summed E-state index contributed by atoms with van der Waals surface area (Å²) < 4.78 is 2.13. The second-order valence-electron chi connectivity index (χ2n) is 4.37. The Morgan fingerprint density at radius 2 is 2.00 bits per heavy atom. The Labute approximate surface area is 125 Å². The van der Waals surface area contributed by atoms with Crippen LogP contribution in [0, 0.1) is 0 Å².